The first-order valence-electron chi connectivity index (χ1n) is 8.46. The number of carbonyl (C=O) groups excluding carboxylic acids is 1. The van der Waals surface area contributed by atoms with Crippen LogP contribution in [0.3, 0.4) is 0 Å². The Balaban J connectivity index is 1.91. The van der Waals surface area contributed by atoms with Crippen molar-refractivity contribution < 1.29 is 18.0 Å². The van der Waals surface area contributed by atoms with E-state index in [-0.39, 0.29) is 17.7 Å². The van der Waals surface area contributed by atoms with Gasteiger partial charge in [0.1, 0.15) is 5.78 Å². The summed E-state index contributed by atoms with van der Waals surface area (Å²) in [7, 11) is 0. The third-order valence-corrected chi connectivity index (χ3v) is 4.70. The number of ketones is 1. The van der Waals surface area contributed by atoms with E-state index in [4.69, 9.17) is 0 Å². The number of para-hydroxylation sites is 1. The summed E-state index contributed by atoms with van der Waals surface area (Å²) in [6, 6.07) is 14.3. The lowest BCUT2D eigenvalue weighted by molar-refractivity contribution is -0.137. The number of benzene rings is 2. The molecule has 2 nitrogen and oxygen atoms in total. The summed E-state index contributed by atoms with van der Waals surface area (Å²) in [5.74, 6) is -0.0368. The van der Waals surface area contributed by atoms with E-state index in [2.05, 4.69) is 5.32 Å². The summed E-state index contributed by atoms with van der Waals surface area (Å²) < 4.78 is 38.4. The Labute approximate surface area is 145 Å². The topological polar surface area (TPSA) is 29.1 Å². The molecule has 3 rings (SSSR count). The van der Waals surface area contributed by atoms with Crippen LogP contribution in [0.5, 0.6) is 0 Å². The molecule has 1 fully saturated rings. The van der Waals surface area contributed by atoms with Gasteiger partial charge in [-0.1, -0.05) is 36.8 Å². The van der Waals surface area contributed by atoms with Gasteiger partial charge in [0, 0.05) is 18.0 Å². The van der Waals surface area contributed by atoms with Gasteiger partial charge in [-0.2, -0.15) is 13.2 Å². The van der Waals surface area contributed by atoms with Crippen LogP contribution in [-0.4, -0.2) is 5.78 Å². The fraction of sp³-hybridized carbons (Fsp3) is 0.350. The molecule has 2 atom stereocenters. The molecule has 2 aromatic rings. The van der Waals surface area contributed by atoms with Crippen molar-refractivity contribution >= 4 is 11.5 Å². The quantitative estimate of drug-likeness (QED) is 0.778. The summed E-state index contributed by atoms with van der Waals surface area (Å²) in [6.45, 7) is 0. The van der Waals surface area contributed by atoms with Gasteiger partial charge < -0.3 is 5.32 Å². The second-order valence-corrected chi connectivity index (χ2v) is 6.43. The molecule has 1 aliphatic rings. The Morgan fingerprint density at radius 3 is 2.24 bits per heavy atom. The van der Waals surface area contributed by atoms with Gasteiger partial charge >= 0.3 is 6.18 Å². The van der Waals surface area contributed by atoms with Crippen LogP contribution >= 0.6 is 0 Å². The number of rotatable bonds is 4. The minimum Gasteiger partial charge on any atom is -0.378 e. The highest BCUT2D eigenvalue weighted by Gasteiger charge is 2.33. The van der Waals surface area contributed by atoms with Crippen molar-refractivity contribution in [3.05, 3.63) is 65.7 Å². The van der Waals surface area contributed by atoms with E-state index in [1.165, 1.54) is 12.1 Å². The predicted molar refractivity (Wildman–Crippen MR) is 91.2 cm³/mol. The lowest BCUT2D eigenvalue weighted by atomic mass is 9.80. The van der Waals surface area contributed by atoms with Crippen LogP contribution in [0.1, 0.15) is 42.9 Å². The van der Waals surface area contributed by atoms with E-state index < -0.39 is 11.7 Å². The maximum atomic E-state index is 12.8. The van der Waals surface area contributed by atoms with Crippen molar-refractivity contribution in [1.29, 1.82) is 0 Å². The molecule has 1 aliphatic carbocycles. The number of nitrogens with one attached hydrogen (secondary N) is 1. The van der Waals surface area contributed by atoms with Gasteiger partial charge in [0.2, 0.25) is 0 Å². The summed E-state index contributed by atoms with van der Waals surface area (Å²) in [5, 5.41) is 3.35. The zero-order valence-electron chi connectivity index (χ0n) is 13.7. The van der Waals surface area contributed by atoms with Crippen LogP contribution in [0.25, 0.3) is 0 Å². The first-order valence-corrected chi connectivity index (χ1v) is 8.46. The van der Waals surface area contributed by atoms with Gasteiger partial charge in [-0.3, -0.25) is 4.79 Å². The monoisotopic (exact) mass is 347 g/mol. The SMILES string of the molecule is O=C1CCCC[C@@H]1[C@H](Nc1ccccc1)c1ccc(C(F)(F)F)cc1. The maximum absolute atomic E-state index is 12.8. The molecule has 0 spiro atoms. The third-order valence-electron chi connectivity index (χ3n) is 4.70. The number of alkyl halides is 3. The fourth-order valence-corrected chi connectivity index (χ4v) is 3.37. The molecule has 2 aromatic carbocycles. The average molecular weight is 347 g/mol. The van der Waals surface area contributed by atoms with Crippen LogP contribution in [0.4, 0.5) is 18.9 Å². The molecule has 0 radical (unpaired) electrons. The molecule has 0 saturated heterocycles. The van der Waals surface area contributed by atoms with Gasteiger partial charge in [0.15, 0.2) is 0 Å². The van der Waals surface area contributed by atoms with E-state index in [0.717, 1.165) is 37.1 Å². The number of halogens is 3. The molecular formula is C20H20F3NO. The first-order chi connectivity index (χ1) is 11.9. The molecule has 0 amide bonds. The molecule has 0 unspecified atom stereocenters. The summed E-state index contributed by atoms with van der Waals surface area (Å²) >= 11 is 0. The van der Waals surface area contributed by atoms with Crippen LogP contribution in [0.2, 0.25) is 0 Å². The van der Waals surface area contributed by atoms with E-state index >= 15 is 0 Å². The maximum Gasteiger partial charge on any atom is 0.416 e. The Morgan fingerprint density at radius 2 is 1.64 bits per heavy atom. The Morgan fingerprint density at radius 1 is 0.960 bits per heavy atom. The Hall–Kier alpha value is -2.30. The van der Waals surface area contributed by atoms with Crippen LogP contribution in [0.15, 0.2) is 54.6 Å². The van der Waals surface area contributed by atoms with Gasteiger partial charge in [-0.05, 0) is 42.7 Å². The highest BCUT2D eigenvalue weighted by Crippen LogP contribution is 2.36. The van der Waals surface area contributed by atoms with Crippen molar-refractivity contribution in [2.75, 3.05) is 5.32 Å². The number of hydrogen-bond acceptors (Lipinski definition) is 2. The van der Waals surface area contributed by atoms with Crippen LogP contribution in [-0.2, 0) is 11.0 Å². The van der Waals surface area contributed by atoms with Gasteiger partial charge in [0.05, 0.1) is 11.6 Å². The van der Waals surface area contributed by atoms with Crippen molar-refractivity contribution in [1.82, 2.24) is 0 Å². The second kappa shape index (κ2) is 7.30. The highest BCUT2D eigenvalue weighted by molar-refractivity contribution is 5.83. The highest BCUT2D eigenvalue weighted by atomic mass is 19.4. The predicted octanol–water partition coefficient (Wildman–Crippen LogP) is 5.62. The summed E-state index contributed by atoms with van der Waals surface area (Å²) in [6.07, 6.45) is -1.21. The largest absolute Gasteiger partial charge is 0.416 e. The average Bonchev–Trinajstić information content (AvgIpc) is 2.61. The minimum atomic E-state index is -4.36. The van der Waals surface area contributed by atoms with E-state index in [1.54, 1.807) is 0 Å². The molecule has 5 heteroatoms. The molecule has 25 heavy (non-hydrogen) atoms. The normalized spacial score (nSPS) is 19.5. The lowest BCUT2D eigenvalue weighted by Crippen LogP contribution is -2.30. The molecule has 0 aromatic heterocycles. The molecule has 1 N–H and O–H groups in total. The standard InChI is InChI=1S/C20H20F3NO/c21-20(22,23)15-12-10-14(11-13-15)19(17-8-4-5-9-18(17)25)24-16-6-2-1-3-7-16/h1-3,6-7,10-13,17,19,24H,4-5,8-9H2/t17-,19+/m0/s1. The lowest BCUT2D eigenvalue weighted by Gasteiger charge is -2.31. The minimum absolute atomic E-state index is 0.180. The Bertz CT molecular complexity index is 710. The van der Waals surface area contributed by atoms with Crippen molar-refractivity contribution in [2.24, 2.45) is 5.92 Å². The zero-order valence-corrected chi connectivity index (χ0v) is 13.7. The van der Waals surface area contributed by atoms with Crippen LogP contribution < -0.4 is 5.32 Å². The first kappa shape index (κ1) is 17.5. The Kier molecular flexibility index (Phi) is 5.11. The van der Waals surface area contributed by atoms with E-state index in [1.807, 2.05) is 30.3 Å². The van der Waals surface area contributed by atoms with Crippen LogP contribution in [0, 0.1) is 5.92 Å². The number of hydrogen-bond donors (Lipinski definition) is 1. The molecular weight excluding hydrogens is 327 g/mol. The zero-order chi connectivity index (χ0) is 17.9. The molecule has 1 saturated carbocycles. The van der Waals surface area contributed by atoms with Gasteiger partial charge in [-0.15, -0.1) is 0 Å². The summed E-state index contributed by atoms with van der Waals surface area (Å²) in [4.78, 5) is 12.4. The number of Topliss-reactive ketones (excluding diaryl/α,β-unsaturated/α-hetero) is 1. The fourth-order valence-electron chi connectivity index (χ4n) is 3.37. The van der Waals surface area contributed by atoms with Gasteiger partial charge in [0.25, 0.3) is 0 Å². The third kappa shape index (κ3) is 4.21. The molecule has 0 heterocycles. The van der Waals surface area contributed by atoms with Gasteiger partial charge in [-0.25, -0.2) is 0 Å². The molecule has 132 valence electrons. The summed E-state index contributed by atoms with van der Waals surface area (Å²) in [5.41, 5.74) is 0.882. The van der Waals surface area contributed by atoms with E-state index in [0.29, 0.717) is 12.0 Å². The van der Waals surface area contributed by atoms with Crippen molar-refractivity contribution in [3.8, 4) is 0 Å². The second-order valence-electron chi connectivity index (χ2n) is 6.43. The molecule has 0 bridgehead atoms. The van der Waals surface area contributed by atoms with Crippen molar-refractivity contribution in [3.63, 3.8) is 0 Å². The van der Waals surface area contributed by atoms with E-state index in [9.17, 15) is 18.0 Å². The molecule has 0 aliphatic heterocycles. The number of anilines is 1. The number of carbonyl (C=O) groups is 1. The van der Waals surface area contributed by atoms with Crippen molar-refractivity contribution in [2.45, 2.75) is 37.9 Å². The smallest absolute Gasteiger partial charge is 0.378 e.